The minimum Gasteiger partial charge on any atom is -0.493 e. The van der Waals surface area contributed by atoms with Gasteiger partial charge in [-0.3, -0.25) is 0 Å². The smallest absolute Gasteiger partial charge is 0.214 e. The van der Waals surface area contributed by atoms with Crippen molar-refractivity contribution in [2.45, 2.75) is 25.3 Å². The maximum Gasteiger partial charge on any atom is 0.214 e. The van der Waals surface area contributed by atoms with Crippen molar-refractivity contribution in [2.75, 3.05) is 7.11 Å². The summed E-state index contributed by atoms with van der Waals surface area (Å²) in [6, 6.07) is 30.5. The largest absolute Gasteiger partial charge is 0.493 e. The molecular formula is C30H24Br2N2O3. The molecule has 4 aromatic rings. The highest BCUT2D eigenvalue weighted by Gasteiger charge is 2.42. The maximum atomic E-state index is 6.63. The molecule has 0 radical (unpaired) electrons. The molecule has 0 N–H and O–H groups in total. The van der Waals surface area contributed by atoms with Crippen molar-refractivity contribution in [3.8, 4) is 17.2 Å². The molecule has 2 aliphatic heterocycles. The fraction of sp³-hybridized carbons (Fsp3) is 0.167. The molecule has 2 heterocycles. The molecule has 0 amide bonds. The van der Waals surface area contributed by atoms with Crippen LogP contribution in [0.25, 0.3) is 0 Å². The Bertz CT molecular complexity index is 1460. The van der Waals surface area contributed by atoms with Crippen molar-refractivity contribution in [3.05, 3.63) is 122 Å². The third-order valence-electron chi connectivity index (χ3n) is 6.63. The van der Waals surface area contributed by atoms with Crippen LogP contribution in [0, 0.1) is 0 Å². The lowest BCUT2D eigenvalue weighted by molar-refractivity contribution is -0.0198. The summed E-state index contributed by atoms with van der Waals surface area (Å²) in [6.45, 7) is 0.463. The van der Waals surface area contributed by atoms with Crippen molar-refractivity contribution in [1.82, 2.24) is 5.01 Å². The van der Waals surface area contributed by atoms with Crippen LogP contribution >= 0.6 is 31.9 Å². The van der Waals surface area contributed by atoms with Crippen LogP contribution in [-0.4, -0.2) is 17.8 Å². The van der Waals surface area contributed by atoms with Crippen LogP contribution in [0.15, 0.2) is 105 Å². The van der Waals surface area contributed by atoms with Crippen molar-refractivity contribution < 1.29 is 14.2 Å². The van der Waals surface area contributed by atoms with Gasteiger partial charge in [-0.15, -0.1) is 0 Å². The zero-order valence-electron chi connectivity index (χ0n) is 20.1. The summed E-state index contributed by atoms with van der Waals surface area (Å²) in [5.74, 6) is 2.17. The van der Waals surface area contributed by atoms with Gasteiger partial charge < -0.3 is 14.2 Å². The van der Waals surface area contributed by atoms with E-state index in [9.17, 15) is 0 Å². The summed E-state index contributed by atoms with van der Waals surface area (Å²) >= 11 is 7.36. The highest BCUT2D eigenvalue weighted by molar-refractivity contribution is 9.11. The molecule has 0 saturated heterocycles. The predicted octanol–water partition coefficient (Wildman–Crippen LogP) is 8.04. The van der Waals surface area contributed by atoms with Gasteiger partial charge >= 0.3 is 0 Å². The molecule has 37 heavy (non-hydrogen) atoms. The molecule has 0 saturated carbocycles. The highest BCUT2D eigenvalue weighted by atomic mass is 79.9. The lowest BCUT2D eigenvalue weighted by atomic mass is 9.96. The van der Waals surface area contributed by atoms with E-state index in [1.54, 1.807) is 7.11 Å². The first kappa shape index (κ1) is 24.1. The number of hydrogen-bond acceptors (Lipinski definition) is 5. The number of hydrazone groups is 1. The SMILES string of the molecule is COc1cc(C2Oc3c(Br)cc(Br)cc3C3CC(c4ccccc4)=NN32)ccc1OCc1ccccc1. The summed E-state index contributed by atoms with van der Waals surface area (Å²) in [7, 11) is 1.66. The summed E-state index contributed by atoms with van der Waals surface area (Å²) in [5, 5.41) is 7.14. The van der Waals surface area contributed by atoms with Gasteiger partial charge in [-0.25, -0.2) is 5.01 Å². The van der Waals surface area contributed by atoms with Crippen molar-refractivity contribution in [1.29, 1.82) is 0 Å². The van der Waals surface area contributed by atoms with Crippen LogP contribution in [0.1, 0.15) is 40.9 Å². The van der Waals surface area contributed by atoms with Crippen LogP contribution in [0.2, 0.25) is 0 Å². The number of ether oxygens (including phenoxy) is 3. The van der Waals surface area contributed by atoms with E-state index < -0.39 is 6.23 Å². The first-order chi connectivity index (χ1) is 18.1. The van der Waals surface area contributed by atoms with Gasteiger partial charge in [0.25, 0.3) is 0 Å². The van der Waals surface area contributed by atoms with Crippen molar-refractivity contribution in [2.24, 2.45) is 5.10 Å². The second-order valence-corrected chi connectivity index (χ2v) is 10.7. The molecule has 0 bridgehead atoms. The molecular weight excluding hydrogens is 596 g/mol. The molecule has 7 heteroatoms. The van der Waals surface area contributed by atoms with Crippen LogP contribution in [0.4, 0.5) is 0 Å². The lowest BCUT2D eigenvalue weighted by Gasteiger charge is -2.38. The Labute approximate surface area is 232 Å². The maximum absolute atomic E-state index is 6.63. The van der Waals surface area contributed by atoms with E-state index in [1.807, 2.05) is 72.8 Å². The van der Waals surface area contributed by atoms with E-state index >= 15 is 0 Å². The highest BCUT2D eigenvalue weighted by Crippen LogP contribution is 2.51. The Morgan fingerprint density at radius 2 is 1.68 bits per heavy atom. The predicted molar refractivity (Wildman–Crippen MR) is 151 cm³/mol. The molecule has 0 spiro atoms. The third kappa shape index (κ3) is 4.74. The number of nitrogens with zero attached hydrogens (tertiary/aromatic N) is 2. The third-order valence-corrected chi connectivity index (χ3v) is 7.67. The normalized spacial score (nSPS) is 17.9. The molecule has 2 unspecified atom stereocenters. The number of fused-ring (bicyclic) bond motifs is 3. The molecule has 2 aliphatic rings. The summed E-state index contributed by atoms with van der Waals surface area (Å²) in [6.07, 6.45) is 0.364. The van der Waals surface area contributed by atoms with Crippen LogP contribution in [0.3, 0.4) is 0 Å². The fourth-order valence-corrected chi connectivity index (χ4v) is 6.18. The van der Waals surface area contributed by atoms with Gasteiger partial charge in [-0.1, -0.05) is 76.6 Å². The molecule has 0 fully saturated rings. The van der Waals surface area contributed by atoms with Gasteiger partial charge in [0.15, 0.2) is 11.5 Å². The van der Waals surface area contributed by atoms with E-state index in [4.69, 9.17) is 19.3 Å². The first-order valence-corrected chi connectivity index (χ1v) is 13.6. The topological polar surface area (TPSA) is 43.3 Å². The van der Waals surface area contributed by atoms with Gasteiger partial charge in [-0.2, -0.15) is 5.10 Å². The second kappa shape index (κ2) is 10.2. The number of halogens is 2. The van der Waals surface area contributed by atoms with Crippen LogP contribution in [-0.2, 0) is 6.61 Å². The molecule has 186 valence electrons. The molecule has 4 aromatic carbocycles. The lowest BCUT2D eigenvalue weighted by Crippen LogP contribution is -2.34. The summed E-state index contributed by atoms with van der Waals surface area (Å²) < 4.78 is 20.3. The minimum atomic E-state index is -0.423. The number of benzene rings is 4. The Balaban J connectivity index is 1.36. The van der Waals surface area contributed by atoms with Gasteiger partial charge in [0, 0.05) is 22.0 Å². The Kier molecular flexibility index (Phi) is 6.65. The standard InChI is InChI=1S/C30H24Br2N2O3/c1-35-28-14-21(12-13-27(28)36-18-19-8-4-2-5-9-19)30-34-26(17-25(33-34)20-10-6-3-7-11-20)23-15-22(31)16-24(32)29(23)37-30/h2-16,26,30H,17-18H2,1H3. The van der Waals surface area contributed by atoms with Gasteiger partial charge in [0.2, 0.25) is 6.23 Å². The van der Waals surface area contributed by atoms with Crippen LogP contribution < -0.4 is 14.2 Å². The first-order valence-electron chi connectivity index (χ1n) is 12.0. The Hall–Kier alpha value is -3.29. The minimum absolute atomic E-state index is 0.0396. The Morgan fingerprint density at radius 1 is 0.919 bits per heavy atom. The van der Waals surface area contributed by atoms with E-state index in [0.717, 1.165) is 49.1 Å². The average molecular weight is 620 g/mol. The van der Waals surface area contributed by atoms with Gasteiger partial charge in [0.05, 0.1) is 23.3 Å². The second-order valence-electron chi connectivity index (χ2n) is 8.97. The average Bonchev–Trinajstić information content (AvgIpc) is 3.39. The van der Waals surface area contributed by atoms with Crippen molar-refractivity contribution in [3.63, 3.8) is 0 Å². The van der Waals surface area contributed by atoms with Gasteiger partial charge in [-0.05, 0) is 57.4 Å². The quantitative estimate of drug-likeness (QED) is 0.219. The molecule has 0 aliphatic carbocycles. The van der Waals surface area contributed by atoms with Crippen LogP contribution in [0.5, 0.6) is 17.2 Å². The van der Waals surface area contributed by atoms with E-state index in [2.05, 4.69) is 55.1 Å². The fourth-order valence-electron chi connectivity index (χ4n) is 4.83. The molecule has 0 aromatic heterocycles. The summed E-state index contributed by atoms with van der Waals surface area (Å²) in [4.78, 5) is 0. The van der Waals surface area contributed by atoms with E-state index in [-0.39, 0.29) is 6.04 Å². The number of methoxy groups -OCH3 is 1. The van der Waals surface area contributed by atoms with Gasteiger partial charge in [0.1, 0.15) is 12.4 Å². The summed E-state index contributed by atoms with van der Waals surface area (Å²) in [5.41, 5.74) is 5.29. The van der Waals surface area contributed by atoms with Crippen molar-refractivity contribution >= 4 is 37.6 Å². The Morgan fingerprint density at radius 3 is 2.43 bits per heavy atom. The molecule has 2 atom stereocenters. The van der Waals surface area contributed by atoms with E-state index in [0.29, 0.717) is 18.1 Å². The molecule has 6 rings (SSSR count). The zero-order chi connectivity index (χ0) is 25.4. The monoisotopic (exact) mass is 618 g/mol. The zero-order valence-corrected chi connectivity index (χ0v) is 23.3. The number of rotatable bonds is 6. The molecule has 5 nitrogen and oxygen atoms in total. The number of hydrogen-bond donors (Lipinski definition) is 0. The van der Waals surface area contributed by atoms with E-state index in [1.165, 1.54) is 0 Å².